The van der Waals surface area contributed by atoms with Crippen LogP contribution in [0.2, 0.25) is 0 Å². The lowest BCUT2D eigenvalue weighted by molar-refractivity contribution is 0.0651. The van der Waals surface area contributed by atoms with E-state index >= 15 is 0 Å². The molecule has 0 aliphatic carbocycles. The van der Waals surface area contributed by atoms with Gasteiger partial charge in [-0.05, 0) is 25.8 Å². The van der Waals surface area contributed by atoms with Crippen LogP contribution in [0.4, 0.5) is 0 Å². The topological polar surface area (TPSA) is 30.5 Å². The molecule has 0 spiro atoms. The van der Waals surface area contributed by atoms with Crippen LogP contribution in [0.3, 0.4) is 0 Å². The molecule has 0 saturated carbocycles. The third-order valence-electron chi connectivity index (χ3n) is 2.92. The Labute approximate surface area is 101 Å². The van der Waals surface area contributed by atoms with Gasteiger partial charge in [-0.3, -0.25) is 0 Å². The van der Waals surface area contributed by atoms with Crippen molar-refractivity contribution in [1.82, 2.24) is 5.32 Å². The van der Waals surface area contributed by atoms with Gasteiger partial charge >= 0.3 is 0 Å². The van der Waals surface area contributed by atoms with E-state index in [0.29, 0.717) is 19.3 Å². The Hall–Kier alpha value is -0.120. The average molecular weight is 231 g/mol. The molecule has 0 rings (SSSR count). The summed E-state index contributed by atoms with van der Waals surface area (Å²) in [7, 11) is 3.74. The van der Waals surface area contributed by atoms with Gasteiger partial charge in [-0.2, -0.15) is 0 Å². The van der Waals surface area contributed by atoms with E-state index in [1.54, 1.807) is 7.11 Å². The molecule has 2 atom stereocenters. The van der Waals surface area contributed by atoms with E-state index < -0.39 is 0 Å². The maximum Gasteiger partial charge on any atom is 0.0700 e. The second-order valence-electron chi connectivity index (χ2n) is 4.51. The van der Waals surface area contributed by atoms with E-state index in [2.05, 4.69) is 19.2 Å². The van der Waals surface area contributed by atoms with E-state index in [4.69, 9.17) is 9.47 Å². The maximum absolute atomic E-state index is 5.48. The predicted molar refractivity (Wildman–Crippen MR) is 68.8 cm³/mol. The molecule has 0 aromatic heterocycles. The summed E-state index contributed by atoms with van der Waals surface area (Å²) in [6.07, 6.45) is 4.94. The Kier molecular flexibility index (Phi) is 11.3. The van der Waals surface area contributed by atoms with Crippen molar-refractivity contribution in [1.29, 1.82) is 0 Å². The molecule has 0 radical (unpaired) electrons. The summed E-state index contributed by atoms with van der Waals surface area (Å²) >= 11 is 0. The lowest BCUT2D eigenvalue weighted by atomic mass is 9.96. The molecule has 0 aromatic carbocycles. The molecule has 0 aliphatic rings. The molecular formula is C13H29NO2. The van der Waals surface area contributed by atoms with Crippen molar-refractivity contribution >= 4 is 0 Å². The van der Waals surface area contributed by atoms with Crippen LogP contribution in [0.1, 0.15) is 39.5 Å². The van der Waals surface area contributed by atoms with Crippen LogP contribution < -0.4 is 5.32 Å². The Morgan fingerprint density at radius 2 is 1.88 bits per heavy atom. The lowest BCUT2D eigenvalue weighted by Crippen LogP contribution is -2.29. The molecule has 3 nitrogen and oxygen atoms in total. The Morgan fingerprint density at radius 3 is 2.44 bits per heavy atom. The lowest BCUT2D eigenvalue weighted by Gasteiger charge is -2.20. The summed E-state index contributed by atoms with van der Waals surface area (Å²) < 4.78 is 10.4. The van der Waals surface area contributed by atoms with Crippen LogP contribution in [-0.2, 0) is 9.47 Å². The SMILES string of the molecule is CCCC(C)CC(CCOCCOC)NC. The third kappa shape index (κ3) is 9.13. The highest BCUT2D eigenvalue weighted by atomic mass is 16.5. The molecule has 0 amide bonds. The Balaban J connectivity index is 3.50. The van der Waals surface area contributed by atoms with Crippen molar-refractivity contribution in [2.24, 2.45) is 5.92 Å². The molecule has 0 aliphatic heterocycles. The standard InChI is InChI=1S/C13H29NO2/c1-5-6-12(2)11-13(14-3)7-8-16-10-9-15-4/h12-14H,5-11H2,1-4H3. The molecule has 0 aromatic rings. The van der Waals surface area contributed by atoms with Gasteiger partial charge in [0.1, 0.15) is 0 Å². The molecular weight excluding hydrogens is 202 g/mol. The summed E-state index contributed by atoms with van der Waals surface area (Å²) in [6.45, 7) is 6.81. The Bertz CT molecular complexity index is 142. The maximum atomic E-state index is 5.48. The minimum absolute atomic E-state index is 0.587. The molecule has 0 fully saturated rings. The first kappa shape index (κ1) is 15.9. The zero-order valence-corrected chi connectivity index (χ0v) is 11.4. The molecule has 0 saturated heterocycles. The van der Waals surface area contributed by atoms with E-state index in [1.165, 1.54) is 19.3 Å². The van der Waals surface area contributed by atoms with Crippen LogP contribution in [0, 0.1) is 5.92 Å². The highest BCUT2D eigenvalue weighted by Gasteiger charge is 2.10. The van der Waals surface area contributed by atoms with Crippen LogP contribution in [-0.4, -0.2) is 40.0 Å². The fourth-order valence-corrected chi connectivity index (χ4v) is 1.95. The zero-order chi connectivity index (χ0) is 12.2. The monoisotopic (exact) mass is 231 g/mol. The van der Waals surface area contributed by atoms with Gasteiger partial charge in [0.2, 0.25) is 0 Å². The quantitative estimate of drug-likeness (QED) is 0.554. The van der Waals surface area contributed by atoms with Gasteiger partial charge < -0.3 is 14.8 Å². The second-order valence-corrected chi connectivity index (χ2v) is 4.51. The molecule has 3 heteroatoms. The minimum atomic E-state index is 0.587. The highest BCUT2D eigenvalue weighted by Crippen LogP contribution is 2.14. The first-order valence-electron chi connectivity index (χ1n) is 6.48. The molecule has 98 valence electrons. The largest absolute Gasteiger partial charge is 0.382 e. The molecule has 0 heterocycles. The average Bonchev–Trinajstić information content (AvgIpc) is 2.27. The number of ether oxygens (including phenoxy) is 2. The van der Waals surface area contributed by atoms with Gasteiger partial charge in [0.25, 0.3) is 0 Å². The van der Waals surface area contributed by atoms with Crippen molar-refractivity contribution in [2.75, 3.05) is 34.0 Å². The van der Waals surface area contributed by atoms with Crippen LogP contribution in [0.25, 0.3) is 0 Å². The molecule has 1 N–H and O–H groups in total. The van der Waals surface area contributed by atoms with Gasteiger partial charge in [0.15, 0.2) is 0 Å². The number of methoxy groups -OCH3 is 1. The fourth-order valence-electron chi connectivity index (χ4n) is 1.95. The third-order valence-corrected chi connectivity index (χ3v) is 2.92. The fraction of sp³-hybridized carbons (Fsp3) is 1.00. The first-order chi connectivity index (χ1) is 7.74. The summed E-state index contributed by atoms with van der Waals surface area (Å²) in [5.41, 5.74) is 0. The smallest absolute Gasteiger partial charge is 0.0700 e. The van der Waals surface area contributed by atoms with Gasteiger partial charge in [-0.25, -0.2) is 0 Å². The zero-order valence-electron chi connectivity index (χ0n) is 11.4. The summed E-state index contributed by atoms with van der Waals surface area (Å²) in [5, 5.41) is 3.37. The second kappa shape index (κ2) is 11.4. The summed E-state index contributed by atoms with van der Waals surface area (Å²) in [5.74, 6) is 0.807. The number of nitrogens with one attached hydrogen (secondary N) is 1. The van der Waals surface area contributed by atoms with E-state index in [1.807, 2.05) is 7.05 Å². The van der Waals surface area contributed by atoms with E-state index in [-0.39, 0.29) is 0 Å². The summed E-state index contributed by atoms with van der Waals surface area (Å²) in [6, 6.07) is 0.587. The van der Waals surface area contributed by atoms with E-state index in [0.717, 1.165) is 18.9 Å². The Morgan fingerprint density at radius 1 is 1.12 bits per heavy atom. The minimum Gasteiger partial charge on any atom is -0.382 e. The molecule has 0 bridgehead atoms. The van der Waals surface area contributed by atoms with Gasteiger partial charge in [0, 0.05) is 19.8 Å². The van der Waals surface area contributed by atoms with Crippen molar-refractivity contribution in [3.05, 3.63) is 0 Å². The van der Waals surface area contributed by atoms with Crippen molar-refractivity contribution in [3.63, 3.8) is 0 Å². The molecule has 16 heavy (non-hydrogen) atoms. The van der Waals surface area contributed by atoms with Gasteiger partial charge in [0.05, 0.1) is 13.2 Å². The van der Waals surface area contributed by atoms with Crippen LogP contribution >= 0.6 is 0 Å². The van der Waals surface area contributed by atoms with Crippen molar-refractivity contribution in [2.45, 2.75) is 45.6 Å². The van der Waals surface area contributed by atoms with Crippen LogP contribution in [0.5, 0.6) is 0 Å². The van der Waals surface area contributed by atoms with Gasteiger partial charge in [-0.15, -0.1) is 0 Å². The number of hydrogen-bond acceptors (Lipinski definition) is 3. The normalized spacial score (nSPS) is 15.0. The van der Waals surface area contributed by atoms with Crippen molar-refractivity contribution in [3.8, 4) is 0 Å². The van der Waals surface area contributed by atoms with Crippen LogP contribution in [0.15, 0.2) is 0 Å². The summed E-state index contributed by atoms with van der Waals surface area (Å²) in [4.78, 5) is 0. The van der Waals surface area contributed by atoms with E-state index in [9.17, 15) is 0 Å². The molecule has 2 unspecified atom stereocenters. The highest BCUT2D eigenvalue weighted by molar-refractivity contribution is 4.68. The number of rotatable bonds is 11. The predicted octanol–water partition coefficient (Wildman–Crippen LogP) is 2.45. The number of hydrogen-bond donors (Lipinski definition) is 1. The van der Waals surface area contributed by atoms with Crippen molar-refractivity contribution < 1.29 is 9.47 Å². The van der Waals surface area contributed by atoms with Gasteiger partial charge in [-0.1, -0.05) is 26.7 Å². The first-order valence-corrected chi connectivity index (χ1v) is 6.48.